The van der Waals surface area contributed by atoms with E-state index in [0.717, 1.165) is 6.29 Å². The van der Waals surface area contributed by atoms with Gasteiger partial charge < -0.3 is 9.52 Å². The Hall–Kier alpha value is -2.88. The van der Waals surface area contributed by atoms with Crippen molar-refractivity contribution in [3.05, 3.63) is 64.3 Å². The first-order valence-corrected chi connectivity index (χ1v) is 6.00. The molecule has 20 heavy (non-hydrogen) atoms. The summed E-state index contributed by atoms with van der Waals surface area (Å²) >= 11 is 0. The number of phenols is 1. The molecular weight excluding hydrogens is 256 g/mol. The average Bonchev–Trinajstić information content (AvgIpc) is 2.46. The molecule has 0 saturated heterocycles. The van der Waals surface area contributed by atoms with Gasteiger partial charge in [-0.05, 0) is 12.1 Å². The second-order valence-corrected chi connectivity index (χ2v) is 4.40. The molecule has 1 N–H and O–H groups in total. The number of aromatic hydroxyl groups is 1. The molecule has 0 aliphatic heterocycles. The Morgan fingerprint density at radius 1 is 1.00 bits per heavy atom. The molecule has 0 unspecified atom stereocenters. The van der Waals surface area contributed by atoms with E-state index >= 15 is 0 Å². The molecule has 0 aliphatic carbocycles. The van der Waals surface area contributed by atoms with Crippen LogP contribution in [0.15, 0.2) is 57.7 Å². The van der Waals surface area contributed by atoms with Crippen molar-refractivity contribution in [2.24, 2.45) is 0 Å². The predicted molar refractivity (Wildman–Crippen MR) is 75.0 cm³/mol. The van der Waals surface area contributed by atoms with E-state index in [1.807, 2.05) is 0 Å². The van der Waals surface area contributed by atoms with E-state index in [2.05, 4.69) is 0 Å². The standard InChI is InChI=1S/C16H10O4/c17-9-10-1-3-11(4-2-10)15-8-14(19)13-6-5-12(18)7-16(13)20-15/h1-9,18H. The number of fused-ring (bicyclic) bond motifs is 1. The van der Waals surface area contributed by atoms with Gasteiger partial charge in [0.25, 0.3) is 0 Å². The Labute approximate surface area is 113 Å². The van der Waals surface area contributed by atoms with Gasteiger partial charge in [-0.15, -0.1) is 0 Å². The Bertz CT molecular complexity index is 844. The van der Waals surface area contributed by atoms with Crippen molar-refractivity contribution in [2.45, 2.75) is 0 Å². The molecule has 0 atom stereocenters. The summed E-state index contributed by atoms with van der Waals surface area (Å²) in [4.78, 5) is 22.6. The van der Waals surface area contributed by atoms with Crippen molar-refractivity contribution in [1.82, 2.24) is 0 Å². The summed E-state index contributed by atoms with van der Waals surface area (Å²) in [6, 6.07) is 12.5. The molecule has 1 aromatic heterocycles. The zero-order chi connectivity index (χ0) is 14.1. The maximum absolute atomic E-state index is 12.0. The monoisotopic (exact) mass is 266 g/mol. The van der Waals surface area contributed by atoms with Crippen LogP contribution in [0.5, 0.6) is 5.75 Å². The highest BCUT2D eigenvalue weighted by atomic mass is 16.3. The van der Waals surface area contributed by atoms with Gasteiger partial charge in [0.15, 0.2) is 5.43 Å². The van der Waals surface area contributed by atoms with Crippen molar-refractivity contribution in [2.75, 3.05) is 0 Å². The van der Waals surface area contributed by atoms with Crippen LogP contribution in [-0.2, 0) is 0 Å². The van der Waals surface area contributed by atoms with Gasteiger partial charge in [-0.3, -0.25) is 9.59 Å². The first-order chi connectivity index (χ1) is 9.67. The molecule has 0 radical (unpaired) electrons. The number of benzene rings is 2. The molecule has 1 heterocycles. The van der Waals surface area contributed by atoms with Crippen molar-refractivity contribution < 1.29 is 14.3 Å². The lowest BCUT2D eigenvalue weighted by atomic mass is 10.1. The van der Waals surface area contributed by atoms with Gasteiger partial charge in [-0.1, -0.05) is 24.3 Å². The van der Waals surface area contributed by atoms with Crippen LogP contribution in [0, 0.1) is 0 Å². The van der Waals surface area contributed by atoms with Gasteiger partial charge >= 0.3 is 0 Å². The summed E-state index contributed by atoms with van der Waals surface area (Å²) < 4.78 is 5.63. The van der Waals surface area contributed by atoms with Gasteiger partial charge in [-0.25, -0.2) is 0 Å². The molecule has 0 fully saturated rings. The molecule has 3 rings (SSSR count). The normalized spacial score (nSPS) is 10.6. The fraction of sp³-hybridized carbons (Fsp3) is 0. The summed E-state index contributed by atoms with van der Waals surface area (Å²) in [5.74, 6) is 0.430. The van der Waals surface area contributed by atoms with Crippen LogP contribution in [0.4, 0.5) is 0 Å². The van der Waals surface area contributed by atoms with E-state index < -0.39 is 0 Å². The van der Waals surface area contributed by atoms with Gasteiger partial charge in [0.05, 0.1) is 5.39 Å². The van der Waals surface area contributed by atoms with Crippen molar-refractivity contribution in [3.8, 4) is 17.1 Å². The van der Waals surface area contributed by atoms with Crippen LogP contribution in [0.3, 0.4) is 0 Å². The highest BCUT2D eigenvalue weighted by molar-refractivity contribution is 5.80. The lowest BCUT2D eigenvalue weighted by Crippen LogP contribution is -2.00. The number of hydrogen-bond acceptors (Lipinski definition) is 4. The molecule has 98 valence electrons. The zero-order valence-electron chi connectivity index (χ0n) is 10.4. The third kappa shape index (κ3) is 2.07. The molecule has 0 bridgehead atoms. The minimum absolute atomic E-state index is 0.0362. The molecule has 3 aromatic rings. The maximum Gasteiger partial charge on any atom is 0.193 e. The molecule has 0 saturated carbocycles. The third-order valence-electron chi connectivity index (χ3n) is 3.04. The van der Waals surface area contributed by atoms with Gasteiger partial charge in [0.2, 0.25) is 0 Å². The SMILES string of the molecule is O=Cc1ccc(-c2cc(=O)c3ccc(O)cc3o2)cc1. The molecular formula is C16H10O4. The summed E-state index contributed by atoms with van der Waals surface area (Å²) in [6.07, 6.45) is 0.748. The number of rotatable bonds is 2. The van der Waals surface area contributed by atoms with Crippen LogP contribution >= 0.6 is 0 Å². The van der Waals surface area contributed by atoms with E-state index in [1.165, 1.54) is 24.3 Å². The average molecular weight is 266 g/mol. The number of aldehydes is 1. The van der Waals surface area contributed by atoms with Crippen LogP contribution in [-0.4, -0.2) is 11.4 Å². The highest BCUT2D eigenvalue weighted by Crippen LogP contribution is 2.24. The van der Waals surface area contributed by atoms with E-state index in [0.29, 0.717) is 27.9 Å². The summed E-state index contributed by atoms with van der Waals surface area (Å²) in [7, 11) is 0. The highest BCUT2D eigenvalue weighted by Gasteiger charge is 2.07. The molecule has 2 aromatic carbocycles. The second-order valence-electron chi connectivity index (χ2n) is 4.40. The van der Waals surface area contributed by atoms with E-state index in [9.17, 15) is 14.7 Å². The molecule has 4 nitrogen and oxygen atoms in total. The summed E-state index contributed by atoms with van der Waals surface area (Å²) in [5, 5.41) is 9.86. The molecule has 4 heteroatoms. The summed E-state index contributed by atoms with van der Waals surface area (Å²) in [6.45, 7) is 0. The minimum Gasteiger partial charge on any atom is -0.508 e. The fourth-order valence-electron chi connectivity index (χ4n) is 2.01. The number of hydrogen-bond donors (Lipinski definition) is 1. The number of phenolic OH excluding ortho intramolecular Hbond substituents is 1. The van der Waals surface area contributed by atoms with Crippen molar-refractivity contribution in [3.63, 3.8) is 0 Å². The quantitative estimate of drug-likeness (QED) is 0.724. The van der Waals surface area contributed by atoms with Crippen molar-refractivity contribution >= 4 is 17.3 Å². The topological polar surface area (TPSA) is 67.5 Å². The first kappa shape index (κ1) is 12.2. The molecule has 0 spiro atoms. The Balaban J connectivity index is 2.20. The first-order valence-electron chi connectivity index (χ1n) is 6.00. The maximum atomic E-state index is 12.0. The molecule has 0 amide bonds. The van der Waals surface area contributed by atoms with Crippen molar-refractivity contribution in [1.29, 1.82) is 0 Å². The lowest BCUT2D eigenvalue weighted by Gasteiger charge is -2.03. The Morgan fingerprint density at radius 3 is 2.45 bits per heavy atom. The largest absolute Gasteiger partial charge is 0.508 e. The smallest absolute Gasteiger partial charge is 0.193 e. The summed E-state index contributed by atoms with van der Waals surface area (Å²) in [5.41, 5.74) is 1.39. The van der Waals surface area contributed by atoms with Crippen LogP contribution < -0.4 is 5.43 Å². The van der Waals surface area contributed by atoms with Crippen LogP contribution in [0.25, 0.3) is 22.3 Å². The van der Waals surface area contributed by atoms with Crippen LogP contribution in [0.1, 0.15) is 10.4 Å². The third-order valence-corrected chi connectivity index (χ3v) is 3.04. The van der Waals surface area contributed by atoms with Gasteiger partial charge in [-0.2, -0.15) is 0 Å². The van der Waals surface area contributed by atoms with E-state index in [4.69, 9.17) is 4.42 Å². The lowest BCUT2D eigenvalue weighted by molar-refractivity contribution is 0.112. The number of carbonyl (C=O) groups is 1. The zero-order valence-corrected chi connectivity index (χ0v) is 10.4. The minimum atomic E-state index is -0.180. The van der Waals surface area contributed by atoms with E-state index in [1.54, 1.807) is 24.3 Å². The van der Waals surface area contributed by atoms with E-state index in [-0.39, 0.29) is 11.2 Å². The fourth-order valence-corrected chi connectivity index (χ4v) is 2.01. The molecule has 0 aliphatic rings. The number of carbonyl (C=O) groups excluding carboxylic acids is 1. The van der Waals surface area contributed by atoms with Crippen LogP contribution in [0.2, 0.25) is 0 Å². The predicted octanol–water partition coefficient (Wildman–Crippen LogP) is 2.98. The Morgan fingerprint density at radius 2 is 1.75 bits per heavy atom. The van der Waals surface area contributed by atoms with Gasteiger partial charge in [0, 0.05) is 23.3 Å². The second kappa shape index (κ2) is 4.66. The van der Waals surface area contributed by atoms with Gasteiger partial charge in [0.1, 0.15) is 23.4 Å². The Kier molecular flexibility index (Phi) is 2.84.